The van der Waals surface area contributed by atoms with Gasteiger partial charge in [0.25, 0.3) is 5.91 Å². The maximum absolute atomic E-state index is 12.8. The van der Waals surface area contributed by atoms with Crippen molar-refractivity contribution in [3.8, 4) is 17.1 Å². The Balaban J connectivity index is 1.49. The van der Waals surface area contributed by atoms with Gasteiger partial charge in [0, 0.05) is 36.2 Å². The van der Waals surface area contributed by atoms with E-state index in [1.807, 2.05) is 5.32 Å². The number of fused-ring (bicyclic) bond motifs is 1. The summed E-state index contributed by atoms with van der Waals surface area (Å²) in [7, 11) is 1.46. The van der Waals surface area contributed by atoms with Crippen molar-refractivity contribution in [3.63, 3.8) is 0 Å². The molecule has 3 aromatic rings. The second kappa shape index (κ2) is 10.9. The number of aryl methyl sites for hydroxylation is 1. The normalized spacial score (nSPS) is 16.0. The lowest BCUT2D eigenvalue weighted by atomic mass is 10.1. The first-order valence-electron chi connectivity index (χ1n) is 13.9. The minimum absolute atomic E-state index is 0.0838. The number of nitrogens with zero attached hydrogens (tertiary/aromatic N) is 6. The van der Waals surface area contributed by atoms with Gasteiger partial charge >= 0.3 is 0 Å². The van der Waals surface area contributed by atoms with Gasteiger partial charge < -0.3 is 25.6 Å². The van der Waals surface area contributed by atoms with Crippen molar-refractivity contribution < 1.29 is 23.2 Å². The summed E-state index contributed by atoms with van der Waals surface area (Å²) < 4.78 is 29.7. The first kappa shape index (κ1) is 22.2. The fraction of sp³-hybridized carbons (Fsp3) is 0.346. The first-order valence-corrected chi connectivity index (χ1v) is 12.4. The van der Waals surface area contributed by atoms with Crippen molar-refractivity contribution in [1.29, 1.82) is 0 Å². The number of benzene rings is 1. The van der Waals surface area contributed by atoms with Gasteiger partial charge in [0.05, 0.1) is 30.6 Å². The highest BCUT2D eigenvalue weighted by Crippen LogP contribution is 2.38. The van der Waals surface area contributed by atoms with Crippen LogP contribution in [0.5, 0.6) is 5.75 Å². The molecule has 0 saturated heterocycles. The molecule has 13 nitrogen and oxygen atoms in total. The summed E-state index contributed by atoms with van der Waals surface area (Å²) in [5, 5.41) is 20.1. The van der Waals surface area contributed by atoms with E-state index in [1.54, 1.807) is 27.8 Å². The monoisotopic (exact) mass is 534 g/mol. The van der Waals surface area contributed by atoms with Crippen LogP contribution in [0, 0.1) is 5.92 Å². The average molecular weight is 535 g/mol. The smallest absolute Gasteiger partial charge is 0.273 e. The van der Waals surface area contributed by atoms with Gasteiger partial charge in [0.1, 0.15) is 5.82 Å². The Morgan fingerprint density at radius 1 is 1.21 bits per heavy atom. The number of hydrogen-bond donors (Lipinski definition) is 3. The van der Waals surface area contributed by atoms with Crippen LogP contribution >= 0.6 is 0 Å². The minimum Gasteiger partial charge on any atom is -0.494 e. The Hall–Kier alpha value is -4.81. The number of ether oxygens (including phenoxy) is 1. The Morgan fingerprint density at radius 2 is 2.05 bits per heavy atom. The van der Waals surface area contributed by atoms with E-state index in [9.17, 15) is 14.4 Å². The number of anilines is 3. The minimum atomic E-state index is -2.76. The lowest BCUT2D eigenvalue weighted by Gasteiger charge is -2.17. The fourth-order valence-corrected chi connectivity index (χ4v) is 4.29. The lowest BCUT2D eigenvalue weighted by Crippen LogP contribution is -2.29. The van der Waals surface area contributed by atoms with Gasteiger partial charge in [0.2, 0.25) is 11.8 Å². The molecule has 0 bridgehead atoms. The van der Waals surface area contributed by atoms with Crippen molar-refractivity contribution in [2.45, 2.75) is 32.4 Å². The van der Waals surface area contributed by atoms with E-state index >= 15 is 0 Å². The maximum atomic E-state index is 12.8. The molecule has 3 N–H and O–H groups in total. The number of aromatic nitrogens is 5. The predicted octanol–water partition coefficient (Wildman–Crippen LogP) is 2.11. The summed E-state index contributed by atoms with van der Waals surface area (Å²) in [5.41, 5.74) is 0.698. The molecule has 0 radical (unpaired) electrons. The number of methoxy groups -OCH3 is 1. The van der Waals surface area contributed by atoms with Crippen LogP contribution in [0.4, 0.5) is 17.2 Å². The molecule has 3 amide bonds. The molecule has 1 aromatic carbocycles. The van der Waals surface area contributed by atoms with E-state index in [0.29, 0.717) is 48.2 Å². The van der Waals surface area contributed by atoms with Crippen molar-refractivity contribution in [3.05, 3.63) is 48.4 Å². The molecule has 0 spiro atoms. The zero-order valence-electron chi connectivity index (χ0n) is 24.2. The summed E-state index contributed by atoms with van der Waals surface area (Å²) in [6.45, 7) is 2.22. The molecule has 0 unspecified atom stereocenters. The SMILES string of the molecule is [2H]C([2H])([2H])NC(=O)c1nnc(NC(=O)C2CC2)cc1Nc1cccc(-c2nc3n(n2)CCCN(C(=O)C=C)C3)c1OC. The number of amides is 3. The van der Waals surface area contributed by atoms with Crippen molar-refractivity contribution in [1.82, 2.24) is 35.2 Å². The molecule has 2 aliphatic rings. The number of hydrogen-bond acceptors (Lipinski definition) is 9. The number of rotatable bonds is 8. The maximum Gasteiger partial charge on any atom is 0.273 e. The molecule has 1 aliphatic carbocycles. The van der Waals surface area contributed by atoms with Crippen LogP contribution in [0.15, 0.2) is 36.9 Å². The molecular formula is C26H29N9O4. The highest BCUT2D eigenvalue weighted by molar-refractivity contribution is 6.00. The van der Waals surface area contributed by atoms with Gasteiger partial charge in [-0.2, -0.15) is 5.10 Å². The van der Waals surface area contributed by atoms with Crippen LogP contribution in [0.3, 0.4) is 0 Å². The molecule has 5 rings (SSSR count). The van der Waals surface area contributed by atoms with E-state index in [-0.39, 0.29) is 41.5 Å². The topological polar surface area (TPSA) is 156 Å². The van der Waals surface area contributed by atoms with Crippen LogP contribution in [0.1, 0.15) is 39.7 Å². The summed E-state index contributed by atoms with van der Waals surface area (Å²) in [6, 6.07) is 6.57. The summed E-state index contributed by atoms with van der Waals surface area (Å²) in [5.74, 6) is -0.0910. The molecule has 2 aromatic heterocycles. The van der Waals surface area contributed by atoms with Gasteiger partial charge in [-0.3, -0.25) is 14.4 Å². The summed E-state index contributed by atoms with van der Waals surface area (Å²) in [6.07, 6.45) is 3.53. The van der Waals surface area contributed by atoms with Crippen molar-refractivity contribution in [2.75, 3.05) is 31.3 Å². The zero-order valence-corrected chi connectivity index (χ0v) is 21.2. The second-order valence-electron chi connectivity index (χ2n) is 9.11. The first-order chi connectivity index (χ1) is 20.1. The number of carbonyl (C=O) groups excluding carboxylic acids is 3. The van der Waals surface area contributed by atoms with Crippen molar-refractivity contribution in [2.24, 2.45) is 5.92 Å². The predicted molar refractivity (Wildman–Crippen MR) is 142 cm³/mol. The van der Waals surface area contributed by atoms with E-state index in [2.05, 4.69) is 37.5 Å². The van der Waals surface area contributed by atoms with Gasteiger partial charge in [-0.25, -0.2) is 9.67 Å². The molecular weight excluding hydrogens is 502 g/mol. The Morgan fingerprint density at radius 3 is 2.79 bits per heavy atom. The Kier molecular flexibility index (Phi) is 6.20. The van der Waals surface area contributed by atoms with Crippen molar-refractivity contribution >= 4 is 34.9 Å². The van der Waals surface area contributed by atoms with Gasteiger partial charge in [0.15, 0.2) is 23.1 Å². The molecule has 202 valence electrons. The molecule has 1 saturated carbocycles. The van der Waals surface area contributed by atoms with E-state index in [1.165, 1.54) is 19.3 Å². The fourth-order valence-electron chi connectivity index (χ4n) is 4.29. The standard InChI is InChI=1S/C26H29N9O4/c1-4-21(36)34-11-6-12-35-20(14-34)30-24(33-35)16-7-5-8-17(23(16)39-3)28-18-13-19(29-25(37)15-9-10-15)31-32-22(18)26(38)27-2/h4-5,7-8,13,15H,1,6,9-12,14H2,2-3H3,(H,27,38)(H2,28,29,31,37)/i2D3. The highest BCUT2D eigenvalue weighted by atomic mass is 16.5. The van der Waals surface area contributed by atoms with Crippen LogP contribution in [-0.2, 0) is 22.7 Å². The highest BCUT2D eigenvalue weighted by Gasteiger charge is 2.30. The largest absolute Gasteiger partial charge is 0.494 e. The number of nitrogens with one attached hydrogen (secondary N) is 3. The molecule has 39 heavy (non-hydrogen) atoms. The third-order valence-electron chi connectivity index (χ3n) is 6.42. The Bertz CT molecular complexity index is 1550. The van der Waals surface area contributed by atoms with E-state index < -0.39 is 12.9 Å². The number of carbonyl (C=O) groups is 3. The summed E-state index contributed by atoms with van der Waals surface area (Å²) in [4.78, 5) is 43.7. The third-order valence-corrected chi connectivity index (χ3v) is 6.42. The molecule has 3 heterocycles. The van der Waals surface area contributed by atoms with Crippen LogP contribution in [0.25, 0.3) is 11.4 Å². The summed E-state index contributed by atoms with van der Waals surface area (Å²) >= 11 is 0. The Labute approximate surface area is 228 Å². The van der Waals surface area contributed by atoms with Gasteiger partial charge in [-0.05, 0) is 37.5 Å². The lowest BCUT2D eigenvalue weighted by molar-refractivity contribution is -0.126. The van der Waals surface area contributed by atoms with Crippen LogP contribution in [-0.4, -0.2) is 68.2 Å². The van der Waals surface area contributed by atoms with Crippen LogP contribution < -0.4 is 20.7 Å². The molecule has 1 fully saturated rings. The molecule has 13 heteroatoms. The molecule has 1 aliphatic heterocycles. The van der Waals surface area contributed by atoms with E-state index in [0.717, 1.165) is 12.8 Å². The van der Waals surface area contributed by atoms with Gasteiger partial charge in [-0.1, -0.05) is 12.6 Å². The third kappa shape index (κ3) is 5.42. The molecule has 0 atom stereocenters. The van der Waals surface area contributed by atoms with E-state index in [4.69, 9.17) is 8.85 Å². The second-order valence-corrected chi connectivity index (χ2v) is 9.11. The quantitative estimate of drug-likeness (QED) is 0.368. The van der Waals surface area contributed by atoms with Gasteiger partial charge in [-0.15, -0.1) is 10.2 Å². The zero-order chi connectivity index (χ0) is 30.0. The number of para-hydroxylation sites is 1. The average Bonchev–Trinajstić information content (AvgIpc) is 3.75. The van der Waals surface area contributed by atoms with Crippen LogP contribution in [0.2, 0.25) is 0 Å².